The number of nitrogens with two attached hydrogens (primary N) is 1. The number of likely N-dealkylation sites (tertiary alicyclic amines) is 1. The minimum absolute atomic E-state index is 0. The maximum absolute atomic E-state index is 6.01. The molecule has 0 spiro atoms. The van der Waals surface area contributed by atoms with Crippen LogP contribution in [0.5, 0.6) is 5.75 Å². The van der Waals surface area contributed by atoms with Gasteiger partial charge in [-0.2, -0.15) is 0 Å². The molecule has 2 aliphatic rings. The zero-order chi connectivity index (χ0) is 13.1. The number of piperidine rings is 1. The minimum atomic E-state index is 0. The van der Waals surface area contributed by atoms with Crippen molar-refractivity contribution < 1.29 is 4.74 Å². The lowest BCUT2D eigenvalue weighted by molar-refractivity contribution is 0.201. The van der Waals surface area contributed by atoms with Crippen molar-refractivity contribution in [1.29, 1.82) is 0 Å². The van der Waals surface area contributed by atoms with Gasteiger partial charge in [0.05, 0.1) is 6.61 Å². The van der Waals surface area contributed by atoms with Crippen molar-refractivity contribution in [1.82, 2.24) is 4.90 Å². The minimum Gasteiger partial charge on any atom is -0.493 e. The zero-order valence-corrected chi connectivity index (χ0v) is 12.8. The van der Waals surface area contributed by atoms with E-state index in [4.69, 9.17) is 10.5 Å². The molecule has 1 unspecified atom stereocenters. The van der Waals surface area contributed by atoms with Gasteiger partial charge in [-0.1, -0.05) is 12.1 Å². The molecule has 3 nitrogen and oxygen atoms in total. The highest BCUT2D eigenvalue weighted by Gasteiger charge is 2.21. The number of benzene rings is 1. The summed E-state index contributed by atoms with van der Waals surface area (Å²) in [7, 11) is 0. The van der Waals surface area contributed by atoms with E-state index in [-0.39, 0.29) is 12.4 Å². The molecule has 1 saturated heterocycles. The zero-order valence-electron chi connectivity index (χ0n) is 12.0. The van der Waals surface area contributed by atoms with Crippen molar-refractivity contribution in [2.45, 2.75) is 38.3 Å². The van der Waals surface area contributed by atoms with Gasteiger partial charge in [-0.25, -0.2) is 0 Å². The largest absolute Gasteiger partial charge is 0.493 e. The lowest BCUT2D eigenvalue weighted by atomic mass is 10.1. The Morgan fingerprint density at radius 3 is 2.55 bits per heavy atom. The number of nitrogens with zero attached hydrogens (tertiary/aromatic N) is 1. The molecule has 0 amide bonds. The highest BCUT2D eigenvalue weighted by Crippen LogP contribution is 2.29. The van der Waals surface area contributed by atoms with Crippen LogP contribution >= 0.6 is 12.4 Å². The van der Waals surface area contributed by atoms with Crippen LogP contribution in [0.4, 0.5) is 0 Å². The average Bonchev–Trinajstić information content (AvgIpc) is 3.22. The molecule has 0 radical (unpaired) electrons. The smallest absolute Gasteiger partial charge is 0.119 e. The molecule has 0 aromatic heterocycles. The summed E-state index contributed by atoms with van der Waals surface area (Å²) in [5, 5.41) is 0. The van der Waals surface area contributed by atoms with Gasteiger partial charge in [-0.3, -0.25) is 4.90 Å². The number of ether oxygens (including phenoxy) is 1. The molecular formula is C16H25ClN2O. The highest BCUT2D eigenvalue weighted by molar-refractivity contribution is 5.85. The first-order valence-corrected chi connectivity index (χ1v) is 7.49. The Bertz CT molecular complexity index is 405. The van der Waals surface area contributed by atoms with Gasteiger partial charge in [0.2, 0.25) is 0 Å². The van der Waals surface area contributed by atoms with Crippen LogP contribution in [-0.4, -0.2) is 30.6 Å². The third-order valence-electron chi connectivity index (χ3n) is 4.05. The van der Waals surface area contributed by atoms with E-state index in [1.54, 1.807) is 0 Å². The molecule has 4 heteroatoms. The Kier molecular flexibility index (Phi) is 5.70. The first-order chi connectivity index (χ1) is 9.29. The molecule has 1 aromatic rings. The van der Waals surface area contributed by atoms with Crippen molar-refractivity contribution in [2.24, 2.45) is 11.7 Å². The Labute approximate surface area is 127 Å². The van der Waals surface area contributed by atoms with Crippen molar-refractivity contribution in [2.75, 3.05) is 19.7 Å². The standard InChI is InChI=1S/C16H24N2O.ClH/c17-15-2-1-9-18(11-15)10-13-5-7-16(8-6-13)19-12-14-3-4-14;/h5-8,14-15H,1-4,9-12,17H2;1H. The van der Waals surface area contributed by atoms with Crippen LogP contribution in [0.2, 0.25) is 0 Å². The van der Waals surface area contributed by atoms with Crippen LogP contribution in [0.25, 0.3) is 0 Å². The lowest BCUT2D eigenvalue weighted by Crippen LogP contribution is -2.42. The van der Waals surface area contributed by atoms with Crippen LogP contribution in [0, 0.1) is 5.92 Å². The second-order valence-electron chi connectivity index (χ2n) is 6.04. The molecule has 1 saturated carbocycles. The first kappa shape index (κ1) is 15.6. The molecule has 20 heavy (non-hydrogen) atoms. The summed E-state index contributed by atoms with van der Waals surface area (Å²) in [6.07, 6.45) is 5.08. The molecule has 1 heterocycles. The summed E-state index contributed by atoms with van der Waals surface area (Å²) >= 11 is 0. The van der Waals surface area contributed by atoms with Gasteiger partial charge in [0.1, 0.15) is 5.75 Å². The number of hydrogen-bond acceptors (Lipinski definition) is 3. The van der Waals surface area contributed by atoms with Gasteiger partial charge in [0, 0.05) is 19.1 Å². The van der Waals surface area contributed by atoms with Crippen molar-refractivity contribution in [3.8, 4) is 5.75 Å². The molecule has 3 rings (SSSR count). The molecule has 2 fully saturated rings. The molecular weight excluding hydrogens is 272 g/mol. The van der Waals surface area contributed by atoms with Gasteiger partial charge >= 0.3 is 0 Å². The third kappa shape index (κ3) is 4.65. The summed E-state index contributed by atoms with van der Waals surface area (Å²) < 4.78 is 5.76. The van der Waals surface area contributed by atoms with Crippen molar-refractivity contribution in [3.63, 3.8) is 0 Å². The monoisotopic (exact) mass is 296 g/mol. The summed E-state index contributed by atoms with van der Waals surface area (Å²) in [4.78, 5) is 2.45. The van der Waals surface area contributed by atoms with Gasteiger partial charge < -0.3 is 10.5 Å². The number of hydrogen-bond donors (Lipinski definition) is 1. The predicted molar refractivity (Wildman–Crippen MR) is 84.4 cm³/mol. The van der Waals surface area contributed by atoms with E-state index in [1.807, 2.05) is 0 Å². The SMILES string of the molecule is Cl.NC1CCCN(Cc2ccc(OCC3CC3)cc2)C1. The highest BCUT2D eigenvalue weighted by atomic mass is 35.5. The molecule has 1 aliphatic heterocycles. The Morgan fingerprint density at radius 2 is 1.90 bits per heavy atom. The number of halogens is 1. The Hall–Kier alpha value is -0.770. The molecule has 2 N–H and O–H groups in total. The lowest BCUT2D eigenvalue weighted by Gasteiger charge is -2.30. The van der Waals surface area contributed by atoms with Crippen LogP contribution in [0.3, 0.4) is 0 Å². The van der Waals surface area contributed by atoms with Crippen molar-refractivity contribution in [3.05, 3.63) is 29.8 Å². The van der Waals surface area contributed by atoms with Crippen LogP contribution in [0.15, 0.2) is 24.3 Å². The Balaban J connectivity index is 0.00000147. The predicted octanol–water partition coefficient (Wildman–Crippen LogP) is 2.82. The van der Waals surface area contributed by atoms with E-state index in [0.29, 0.717) is 6.04 Å². The summed E-state index contributed by atoms with van der Waals surface area (Å²) in [5.74, 6) is 1.82. The summed E-state index contributed by atoms with van der Waals surface area (Å²) in [6, 6.07) is 8.92. The van der Waals surface area contributed by atoms with E-state index in [1.165, 1.54) is 37.8 Å². The van der Waals surface area contributed by atoms with E-state index < -0.39 is 0 Å². The fraction of sp³-hybridized carbons (Fsp3) is 0.625. The van der Waals surface area contributed by atoms with Gasteiger partial charge in [0.15, 0.2) is 0 Å². The van der Waals surface area contributed by atoms with E-state index in [9.17, 15) is 0 Å². The summed E-state index contributed by atoms with van der Waals surface area (Å²) in [6.45, 7) is 4.10. The maximum atomic E-state index is 6.01. The van der Waals surface area contributed by atoms with Gasteiger partial charge in [0.25, 0.3) is 0 Å². The molecule has 1 aliphatic carbocycles. The molecule has 0 bridgehead atoms. The number of rotatable bonds is 5. The quantitative estimate of drug-likeness (QED) is 0.908. The maximum Gasteiger partial charge on any atom is 0.119 e. The van der Waals surface area contributed by atoms with Gasteiger partial charge in [-0.05, 0) is 55.8 Å². The fourth-order valence-electron chi connectivity index (χ4n) is 2.68. The van der Waals surface area contributed by atoms with Crippen molar-refractivity contribution >= 4 is 12.4 Å². The van der Waals surface area contributed by atoms with E-state index in [0.717, 1.165) is 31.4 Å². The van der Waals surface area contributed by atoms with Crippen LogP contribution in [0.1, 0.15) is 31.2 Å². The summed E-state index contributed by atoms with van der Waals surface area (Å²) in [5.41, 5.74) is 7.37. The van der Waals surface area contributed by atoms with Crippen LogP contribution < -0.4 is 10.5 Å². The molecule has 1 atom stereocenters. The second kappa shape index (κ2) is 7.30. The van der Waals surface area contributed by atoms with Gasteiger partial charge in [-0.15, -0.1) is 12.4 Å². The van der Waals surface area contributed by atoms with E-state index >= 15 is 0 Å². The first-order valence-electron chi connectivity index (χ1n) is 7.49. The topological polar surface area (TPSA) is 38.5 Å². The molecule has 112 valence electrons. The normalized spacial score (nSPS) is 23.1. The third-order valence-corrected chi connectivity index (χ3v) is 4.05. The second-order valence-corrected chi connectivity index (χ2v) is 6.04. The molecule has 1 aromatic carbocycles. The van der Waals surface area contributed by atoms with Crippen LogP contribution in [-0.2, 0) is 6.54 Å². The van der Waals surface area contributed by atoms with E-state index in [2.05, 4.69) is 29.2 Å². The fourth-order valence-corrected chi connectivity index (χ4v) is 2.68. The Morgan fingerprint density at radius 1 is 1.15 bits per heavy atom. The average molecular weight is 297 g/mol.